The molecule has 176 valence electrons. The molecule has 4 aromatic rings. The lowest BCUT2D eigenvalue weighted by molar-refractivity contribution is 0.457. The maximum atomic E-state index is 5.61. The number of pyridine rings is 2. The molecule has 0 amide bonds. The number of rotatable bonds is 6. The Labute approximate surface area is 212 Å². The zero-order valence-electron chi connectivity index (χ0n) is 17.7. The largest absolute Gasteiger partial charge is 0.439 e. The van der Waals surface area contributed by atoms with Gasteiger partial charge in [-0.3, -0.25) is 0 Å². The Balaban J connectivity index is 0.000000569. The second-order valence-electron chi connectivity index (χ2n) is 6.16. The van der Waals surface area contributed by atoms with E-state index in [1.165, 1.54) is 0 Å². The average molecular weight is 510 g/mol. The Kier molecular flexibility index (Phi) is 15.3. The molecule has 0 aliphatic rings. The molecular formula is C24H27Cl3N4O2. The van der Waals surface area contributed by atoms with Crippen LogP contribution in [0, 0.1) is 0 Å². The Hall–Kier alpha value is -2.87. The summed E-state index contributed by atoms with van der Waals surface area (Å²) < 4.78 is 11.2. The smallest absolute Gasteiger partial charge is 0.219 e. The van der Waals surface area contributed by atoms with Crippen molar-refractivity contribution < 1.29 is 9.47 Å². The minimum atomic E-state index is 0. The fourth-order valence-corrected chi connectivity index (χ4v) is 2.58. The fraction of sp³-hybridized carbons (Fsp3) is 0.0833. The molecule has 0 saturated carbocycles. The molecule has 9 heteroatoms. The Morgan fingerprint density at radius 3 is 1.21 bits per heavy atom. The Morgan fingerprint density at radius 1 is 0.515 bits per heavy atom. The highest BCUT2D eigenvalue weighted by atomic mass is 35.5. The van der Waals surface area contributed by atoms with Gasteiger partial charge in [0.25, 0.3) is 0 Å². The standard InChI is InChI=1S/2C12H12N2O.3ClH/c2*13-9-10-5-1-2-6-11(10)15-12-7-3-4-8-14-12;;;/h2*1-8H,9,13H2;3*1H. The molecule has 4 rings (SSSR count). The first kappa shape index (κ1) is 30.1. The fourth-order valence-electron chi connectivity index (χ4n) is 2.58. The molecule has 0 bridgehead atoms. The van der Waals surface area contributed by atoms with Gasteiger partial charge in [-0.2, -0.15) is 0 Å². The predicted molar refractivity (Wildman–Crippen MR) is 139 cm³/mol. The molecule has 0 unspecified atom stereocenters. The molecule has 0 radical (unpaired) electrons. The highest BCUT2D eigenvalue weighted by Gasteiger charge is 2.03. The second kappa shape index (κ2) is 16.7. The van der Waals surface area contributed by atoms with Crippen molar-refractivity contribution in [3.63, 3.8) is 0 Å². The SMILES string of the molecule is Cl.Cl.Cl.NCc1ccccc1Oc1ccccn1.NCc1ccccc1Oc1ccccn1. The van der Waals surface area contributed by atoms with Gasteiger partial charge in [0, 0.05) is 48.7 Å². The van der Waals surface area contributed by atoms with Crippen molar-refractivity contribution in [3.8, 4) is 23.3 Å². The highest BCUT2D eigenvalue weighted by molar-refractivity contribution is 5.86. The number of nitrogens with zero attached hydrogens (tertiary/aromatic N) is 2. The van der Waals surface area contributed by atoms with Crippen molar-refractivity contribution in [1.29, 1.82) is 0 Å². The monoisotopic (exact) mass is 508 g/mol. The van der Waals surface area contributed by atoms with Crippen LogP contribution in [0.4, 0.5) is 0 Å². The lowest BCUT2D eigenvalue weighted by atomic mass is 10.2. The molecule has 2 aromatic carbocycles. The lowest BCUT2D eigenvalue weighted by Crippen LogP contribution is -1.99. The first-order valence-electron chi connectivity index (χ1n) is 9.54. The van der Waals surface area contributed by atoms with Gasteiger partial charge < -0.3 is 20.9 Å². The van der Waals surface area contributed by atoms with E-state index < -0.39 is 0 Å². The molecule has 0 aliphatic carbocycles. The second-order valence-corrected chi connectivity index (χ2v) is 6.16. The summed E-state index contributed by atoms with van der Waals surface area (Å²) >= 11 is 0. The van der Waals surface area contributed by atoms with Crippen molar-refractivity contribution in [2.75, 3.05) is 0 Å². The van der Waals surface area contributed by atoms with E-state index in [1.54, 1.807) is 12.4 Å². The van der Waals surface area contributed by atoms with E-state index >= 15 is 0 Å². The number of hydrogen-bond acceptors (Lipinski definition) is 6. The van der Waals surface area contributed by atoms with Crippen molar-refractivity contribution >= 4 is 37.2 Å². The molecule has 6 nitrogen and oxygen atoms in total. The maximum absolute atomic E-state index is 5.61. The number of benzene rings is 2. The van der Waals surface area contributed by atoms with Gasteiger partial charge in [0.2, 0.25) is 11.8 Å². The first-order chi connectivity index (χ1) is 14.8. The summed E-state index contributed by atoms with van der Waals surface area (Å²) in [6.07, 6.45) is 3.39. The van der Waals surface area contributed by atoms with Gasteiger partial charge in [-0.15, -0.1) is 37.2 Å². The highest BCUT2D eigenvalue weighted by Crippen LogP contribution is 2.23. The number of para-hydroxylation sites is 2. The van der Waals surface area contributed by atoms with Gasteiger partial charge in [-0.1, -0.05) is 48.5 Å². The van der Waals surface area contributed by atoms with Crippen LogP contribution in [0.1, 0.15) is 11.1 Å². The zero-order valence-corrected chi connectivity index (χ0v) is 20.2. The minimum absolute atomic E-state index is 0. The van der Waals surface area contributed by atoms with Crippen LogP contribution in [0.3, 0.4) is 0 Å². The summed E-state index contributed by atoms with van der Waals surface area (Å²) in [6, 6.07) is 26.4. The molecule has 2 heterocycles. The molecule has 0 saturated heterocycles. The molecule has 0 aliphatic heterocycles. The minimum Gasteiger partial charge on any atom is -0.439 e. The number of nitrogens with two attached hydrogens (primary N) is 2. The summed E-state index contributed by atoms with van der Waals surface area (Å²) in [5, 5.41) is 0. The summed E-state index contributed by atoms with van der Waals surface area (Å²) in [5.74, 6) is 2.69. The number of halogens is 3. The van der Waals surface area contributed by atoms with Crippen LogP contribution < -0.4 is 20.9 Å². The number of ether oxygens (including phenoxy) is 2. The predicted octanol–water partition coefficient (Wildman–Crippen LogP) is 5.93. The van der Waals surface area contributed by atoms with Crippen LogP contribution >= 0.6 is 37.2 Å². The van der Waals surface area contributed by atoms with Gasteiger partial charge >= 0.3 is 0 Å². The topological polar surface area (TPSA) is 96.3 Å². The summed E-state index contributed by atoms with van der Waals surface area (Å²) in [6.45, 7) is 0.923. The van der Waals surface area contributed by atoms with Gasteiger partial charge in [0.1, 0.15) is 11.5 Å². The van der Waals surface area contributed by atoms with Crippen LogP contribution in [-0.4, -0.2) is 9.97 Å². The van der Waals surface area contributed by atoms with E-state index in [0.29, 0.717) is 24.8 Å². The molecule has 2 aromatic heterocycles. The van der Waals surface area contributed by atoms with E-state index in [2.05, 4.69) is 9.97 Å². The van der Waals surface area contributed by atoms with Crippen LogP contribution in [0.25, 0.3) is 0 Å². The van der Waals surface area contributed by atoms with Crippen molar-refractivity contribution in [2.45, 2.75) is 13.1 Å². The molecule has 0 spiro atoms. The summed E-state index contributed by atoms with van der Waals surface area (Å²) in [5.41, 5.74) is 13.2. The van der Waals surface area contributed by atoms with E-state index in [9.17, 15) is 0 Å². The molecule has 33 heavy (non-hydrogen) atoms. The van der Waals surface area contributed by atoms with Gasteiger partial charge in [0.05, 0.1) is 0 Å². The normalized spacial score (nSPS) is 9.03. The molecule has 4 N–H and O–H groups in total. The first-order valence-corrected chi connectivity index (χ1v) is 9.54. The van der Waals surface area contributed by atoms with Crippen molar-refractivity contribution in [2.24, 2.45) is 11.5 Å². The third-order valence-corrected chi connectivity index (χ3v) is 4.09. The number of hydrogen-bond donors (Lipinski definition) is 2. The zero-order chi connectivity index (χ0) is 21.0. The van der Waals surface area contributed by atoms with Crippen molar-refractivity contribution in [3.05, 3.63) is 108 Å². The molecule has 0 fully saturated rings. The van der Waals surface area contributed by atoms with Crippen LogP contribution in [0.2, 0.25) is 0 Å². The van der Waals surface area contributed by atoms with E-state index in [1.807, 2.05) is 84.9 Å². The summed E-state index contributed by atoms with van der Waals surface area (Å²) in [4.78, 5) is 8.17. The van der Waals surface area contributed by atoms with E-state index in [4.69, 9.17) is 20.9 Å². The average Bonchev–Trinajstić information content (AvgIpc) is 2.82. The summed E-state index contributed by atoms with van der Waals surface area (Å²) in [7, 11) is 0. The molecule has 0 atom stereocenters. The molecular weight excluding hydrogens is 483 g/mol. The van der Waals surface area contributed by atoms with E-state index in [0.717, 1.165) is 22.6 Å². The van der Waals surface area contributed by atoms with E-state index in [-0.39, 0.29) is 37.2 Å². The maximum Gasteiger partial charge on any atom is 0.219 e. The Morgan fingerprint density at radius 2 is 0.879 bits per heavy atom. The number of aromatic nitrogens is 2. The lowest BCUT2D eigenvalue weighted by Gasteiger charge is -2.08. The van der Waals surface area contributed by atoms with Gasteiger partial charge in [-0.05, 0) is 24.3 Å². The van der Waals surface area contributed by atoms with Crippen LogP contribution in [0.15, 0.2) is 97.3 Å². The van der Waals surface area contributed by atoms with Gasteiger partial charge in [0.15, 0.2) is 0 Å². The third kappa shape index (κ3) is 9.65. The van der Waals surface area contributed by atoms with Gasteiger partial charge in [-0.25, -0.2) is 9.97 Å². The van der Waals surface area contributed by atoms with Crippen LogP contribution in [0.5, 0.6) is 23.3 Å². The van der Waals surface area contributed by atoms with Crippen LogP contribution in [-0.2, 0) is 13.1 Å². The third-order valence-electron chi connectivity index (χ3n) is 4.09. The Bertz CT molecular complexity index is 957. The van der Waals surface area contributed by atoms with Crippen molar-refractivity contribution in [1.82, 2.24) is 9.97 Å². The quantitative estimate of drug-likeness (QED) is 0.334.